The van der Waals surface area contributed by atoms with Crippen molar-refractivity contribution in [3.63, 3.8) is 0 Å². The fourth-order valence-electron chi connectivity index (χ4n) is 3.74. The van der Waals surface area contributed by atoms with Crippen molar-refractivity contribution in [1.29, 1.82) is 0 Å². The number of rotatable bonds is 5. The van der Waals surface area contributed by atoms with E-state index in [0.717, 1.165) is 16.9 Å². The molecule has 0 saturated heterocycles. The summed E-state index contributed by atoms with van der Waals surface area (Å²) in [5.74, 6) is 1.83. The topological polar surface area (TPSA) is 83.5 Å². The van der Waals surface area contributed by atoms with Crippen molar-refractivity contribution >= 4 is 16.7 Å². The number of methoxy groups -OCH3 is 2. The number of hydrogen-bond donors (Lipinski definition) is 0. The summed E-state index contributed by atoms with van der Waals surface area (Å²) in [6, 6.07) is 17.0. The summed E-state index contributed by atoms with van der Waals surface area (Å²) < 4.78 is 14.1. The second kappa shape index (κ2) is 7.56. The largest absolute Gasteiger partial charge is 0.497 e. The first-order valence-corrected chi connectivity index (χ1v) is 9.69. The van der Waals surface area contributed by atoms with Crippen LogP contribution in [0.15, 0.2) is 71.9 Å². The lowest BCUT2D eigenvalue weighted by Gasteiger charge is -2.13. The van der Waals surface area contributed by atoms with E-state index in [0.29, 0.717) is 34.7 Å². The molecule has 0 N–H and O–H groups in total. The minimum absolute atomic E-state index is 0.175. The first kappa shape index (κ1) is 18.8. The van der Waals surface area contributed by atoms with Gasteiger partial charge in [-0.15, -0.1) is 0 Å². The molecule has 0 amide bonds. The molecular formula is C23H19N5O3. The van der Waals surface area contributed by atoms with Crippen molar-refractivity contribution in [2.45, 2.75) is 6.54 Å². The molecule has 2 aromatic carbocycles. The van der Waals surface area contributed by atoms with Crippen LogP contribution < -0.4 is 15.0 Å². The second-order valence-corrected chi connectivity index (χ2v) is 6.99. The fourth-order valence-corrected chi connectivity index (χ4v) is 3.74. The molecule has 3 aromatic heterocycles. The van der Waals surface area contributed by atoms with Gasteiger partial charge in [-0.25, -0.2) is 4.98 Å². The Kier molecular flexibility index (Phi) is 4.59. The van der Waals surface area contributed by atoms with Crippen molar-refractivity contribution in [3.8, 4) is 22.8 Å². The summed E-state index contributed by atoms with van der Waals surface area (Å²) in [4.78, 5) is 22.4. The van der Waals surface area contributed by atoms with Crippen LogP contribution in [0.1, 0.15) is 5.56 Å². The third-order valence-electron chi connectivity index (χ3n) is 5.22. The Bertz CT molecular complexity index is 1470. The zero-order valence-electron chi connectivity index (χ0n) is 17.0. The molecule has 5 rings (SSSR count). The smallest absolute Gasteiger partial charge is 0.262 e. The maximum Gasteiger partial charge on any atom is 0.262 e. The summed E-state index contributed by atoms with van der Waals surface area (Å²) in [5.41, 5.74) is 2.69. The second-order valence-electron chi connectivity index (χ2n) is 6.99. The normalized spacial score (nSPS) is 11.2. The van der Waals surface area contributed by atoms with Gasteiger partial charge in [-0.3, -0.25) is 4.79 Å². The number of benzene rings is 2. The maximum atomic E-state index is 13.6. The van der Waals surface area contributed by atoms with E-state index in [4.69, 9.17) is 9.47 Å². The summed E-state index contributed by atoms with van der Waals surface area (Å²) >= 11 is 0. The molecule has 0 aliphatic heterocycles. The Morgan fingerprint density at radius 2 is 1.87 bits per heavy atom. The van der Waals surface area contributed by atoms with E-state index < -0.39 is 0 Å². The molecule has 0 atom stereocenters. The van der Waals surface area contributed by atoms with E-state index in [1.165, 1.54) is 6.33 Å². The third-order valence-corrected chi connectivity index (χ3v) is 5.22. The van der Waals surface area contributed by atoms with Crippen LogP contribution in [-0.4, -0.2) is 38.4 Å². The predicted octanol–water partition coefficient (Wildman–Crippen LogP) is 3.17. The summed E-state index contributed by atoms with van der Waals surface area (Å²) in [6.45, 7) is 0.367. The van der Waals surface area contributed by atoms with E-state index in [9.17, 15) is 4.79 Å². The lowest BCUT2D eigenvalue weighted by atomic mass is 10.1. The van der Waals surface area contributed by atoms with Crippen LogP contribution in [0.4, 0.5) is 0 Å². The van der Waals surface area contributed by atoms with Crippen molar-refractivity contribution < 1.29 is 9.47 Å². The van der Waals surface area contributed by atoms with Crippen LogP contribution in [0.2, 0.25) is 0 Å². The monoisotopic (exact) mass is 413 g/mol. The SMILES string of the molecule is COc1cccc(-c2c3c(=O)n(Cc4ccccc4OC)ccc3nc3ncnn23)c1. The molecule has 0 saturated carbocycles. The number of aromatic nitrogens is 5. The quantitative estimate of drug-likeness (QED) is 0.440. The van der Waals surface area contributed by atoms with Gasteiger partial charge in [-0.1, -0.05) is 30.3 Å². The minimum atomic E-state index is -0.175. The zero-order chi connectivity index (χ0) is 21.4. The molecule has 8 nitrogen and oxygen atoms in total. The van der Waals surface area contributed by atoms with Gasteiger partial charge in [0, 0.05) is 17.3 Å². The highest BCUT2D eigenvalue weighted by Gasteiger charge is 2.18. The van der Waals surface area contributed by atoms with Crippen molar-refractivity contribution in [2.75, 3.05) is 14.2 Å². The molecule has 0 unspecified atom stereocenters. The first-order chi connectivity index (χ1) is 15.2. The standard InChI is InChI=1S/C23H19N5O3/c1-30-17-8-5-7-15(12-17)21-20-18(26-23-24-14-25-28(21)23)10-11-27(22(20)29)13-16-6-3-4-9-19(16)31-2/h3-12,14H,13H2,1-2H3. The van der Waals surface area contributed by atoms with Crippen molar-refractivity contribution in [2.24, 2.45) is 0 Å². The number of pyridine rings is 1. The third kappa shape index (κ3) is 3.18. The number of para-hydroxylation sites is 1. The van der Waals surface area contributed by atoms with Crippen LogP contribution in [-0.2, 0) is 6.54 Å². The van der Waals surface area contributed by atoms with Crippen molar-refractivity contribution in [3.05, 3.63) is 83.0 Å². The van der Waals surface area contributed by atoms with E-state index in [-0.39, 0.29) is 5.56 Å². The van der Waals surface area contributed by atoms with Gasteiger partial charge in [-0.2, -0.15) is 14.6 Å². The van der Waals surface area contributed by atoms with Crippen LogP contribution in [0.5, 0.6) is 11.5 Å². The van der Waals surface area contributed by atoms with Crippen LogP contribution >= 0.6 is 0 Å². The predicted molar refractivity (Wildman–Crippen MR) is 117 cm³/mol. The highest BCUT2D eigenvalue weighted by molar-refractivity contribution is 5.93. The number of fused-ring (bicyclic) bond motifs is 2. The molecule has 154 valence electrons. The number of hydrogen-bond acceptors (Lipinski definition) is 6. The van der Waals surface area contributed by atoms with Crippen LogP contribution in [0.3, 0.4) is 0 Å². The highest BCUT2D eigenvalue weighted by atomic mass is 16.5. The molecule has 5 aromatic rings. The van der Waals surface area contributed by atoms with E-state index >= 15 is 0 Å². The zero-order valence-corrected chi connectivity index (χ0v) is 17.0. The Morgan fingerprint density at radius 3 is 2.71 bits per heavy atom. The summed E-state index contributed by atoms with van der Waals surface area (Å²) in [6.07, 6.45) is 3.17. The Morgan fingerprint density at radius 1 is 1.00 bits per heavy atom. The van der Waals surface area contributed by atoms with Gasteiger partial charge >= 0.3 is 0 Å². The highest BCUT2D eigenvalue weighted by Crippen LogP contribution is 2.28. The molecule has 0 fully saturated rings. The van der Waals surface area contributed by atoms with Gasteiger partial charge in [0.2, 0.25) is 0 Å². The maximum absolute atomic E-state index is 13.6. The van der Waals surface area contributed by atoms with Gasteiger partial charge in [0.1, 0.15) is 17.8 Å². The number of nitrogens with zero attached hydrogens (tertiary/aromatic N) is 5. The molecule has 31 heavy (non-hydrogen) atoms. The van der Waals surface area contributed by atoms with E-state index in [1.54, 1.807) is 29.5 Å². The number of ether oxygens (including phenoxy) is 2. The van der Waals surface area contributed by atoms with Crippen LogP contribution in [0, 0.1) is 0 Å². The molecular weight excluding hydrogens is 394 g/mol. The van der Waals surface area contributed by atoms with Gasteiger partial charge in [-0.05, 0) is 24.3 Å². The van der Waals surface area contributed by atoms with Gasteiger partial charge in [0.25, 0.3) is 11.3 Å². The van der Waals surface area contributed by atoms with Gasteiger partial charge in [0.15, 0.2) is 0 Å². The van der Waals surface area contributed by atoms with E-state index in [2.05, 4.69) is 15.1 Å². The fraction of sp³-hybridized carbons (Fsp3) is 0.130. The lowest BCUT2D eigenvalue weighted by molar-refractivity contribution is 0.408. The molecule has 0 aliphatic carbocycles. The van der Waals surface area contributed by atoms with Crippen LogP contribution in [0.25, 0.3) is 27.9 Å². The summed E-state index contributed by atoms with van der Waals surface area (Å²) in [5, 5.41) is 4.78. The Hall–Kier alpha value is -4.20. The average molecular weight is 413 g/mol. The van der Waals surface area contributed by atoms with Gasteiger partial charge in [0.05, 0.1) is 37.4 Å². The molecule has 0 spiro atoms. The molecule has 3 heterocycles. The Balaban J connectivity index is 1.78. The van der Waals surface area contributed by atoms with Gasteiger partial charge < -0.3 is 14.0 Å². The minimum Gasteiger partial charge on any atom is -0.497 e. The summed E-state index contributed by atoms with van der Waals surface area (Å²) in [7, 11) is 3.23. The Labute approximate surface area is 177 Å². The molecule has 0 radical (unpaired) electrons. The molecule has 0 aliphatic rings. The van der Waals surface area contributed by atoms with Crippen molar-refractivity contribution in [1.82, 2.24) is 24.1 Å². The molecule has 8 heteroatoms. The average Bonchev–Trinajstić information content (AvgIpc) is 3.28. The molecule has 0 bridgehead atoms. The first-order valence-electron chi connectivity index (χ1n) is 9.69. The lowest BCUT2D eigenvalue weighted by Crippen LogP contribution is -2.22. The van der Waals surface area contributed by atoms with E-state index in [1.807, 2.05) is 54.6 Å².